The van der Waals surface area contributed by atoms with E-state index < -0.39 is 5.97 Å². The first kappa shape index (κ1) is 38.4. The number of aliphatic carboxylic acids is 1. The molecular weight excluding hydrogens is 488 g/mol. The smallest absolute Gasteiger partial charge is 0.306 e. The summed E-state index contributed by atoms with van der Waals surface area (Å²) in [7, 11) is 0. The van der Waals surface area contributed by atoms with Gasteiger partial charge in [-0.3, -0.25) is 4.79 Å². The van der Waals surface area contributed by atoms with Crippen LogP contribution in [0.5, 0.6) is 0 Å². The molecule has 0 aromatic heterocycles. The molecule has 0 aromatic carbocycles. The molecule has 0 saturated heterocycles. The van der Waals surface area contributed by atoms with E-state index in [1.165, 1.54) is 69.8 Å². The van der Waals surface area contributed by atoms with E-state index in [1.807, 2.05) is 0 Å². The second-order valence-electron chi connectivity index (χ2n) is 13.0. The normalized spacial score (nSPS) is 15.1. The zero-order valence-corrected chi connectivity index (χ0v) is 27.6. The van der Waals surface area contributed by atoms with Crippen LogP contribution in [0.4, 0.5) is 0 Å². The van der Waals surface area contributed by atoms with Gasteiger partial charge in [0.05, 0.1) is 5.92 Å². The monoisotopic (exact) mass is 557 g/mol. The van der Waals surface area contributed by atoms with E-state index in [9.17, 15) is 9.90 Å². The van der Waals surface area contributed by atoms with Gasteiger partial charge in [0.15, 0.2) is 0 Å². The van der Waals surface area contributed by atoms with Crippen molar-refractivity contribution >= 4 is 5.97 Å². The van der Waals surface area contributed by atoms with Gasteiger partial charge in [-0.05, 0) is 82.5 Å². The van der Waals surface area contributed by atoms with Gasteiger partial charge in [-0.2, -0.15) is 0 Å². The predicted octanol–water partition coefficient (Wildman–Crippen LogP) is 12.7. The van der Waals surface area contributed by atoms with Crippen molar-refractivity contribution in [1.29, 1.82) is 0 Å². The van der Waals surface area contributed by atoms with Crippen LogP contribution < -0.4 is 0 Å². The molecule has 0 radical (unpaired) electrons. The molecule has 1 N–H and O–H groups in total. The Balaban J connectivity index is 3.93. The van der Waals surface area contributed by atoms with Crippen molar-refractivity contribution in [2.45, 2.75) is 164 Å². The highest BCUT2D eigenvalue weighted by molar-refractivity contribution is 5.70. The Hall–Kier alpha value is -1.57. The fourth-order valence-electron chi connectivity index (χ4n) is 5.33. The summed E-state index contributed by atoms with van der Waals surface area (Å²) < 4.78 is 0. The van der Waals surface area contributed by atoms with Crippen LogP contribution in [0, 0.1) is 23.7 Å². The first-order chi connectivity index (χ1) is 19.3. The molecule has 0 heterocycles. The Bertz CT molecular complexity index is 696. The topological polar surface area (TPSA) is 37.3 Å². The zero-order valence-electron chi connectivity index (χ0n) is 27.6. The van der Waals surface area contributed by atoms with E-state index in [0.717, 1.165) is 69.1 Å². The van der Waals surface area contributed by atoms with Crippen LogP contribution in [0.25, 0.3) is 0 Å². The first-order valence-corrected chi connectivity index (χ1v) is 17.1. The maximum absolute atomic E-state index is 11.8. The summed E-state index contributed by atoms with van der Waals surface area (Å²) >= 11 is 0. The molecule has 0 aromatic rings. The molecule has 3 atom stereocenters. The van der Waals surface area contributed by atoms with Crippen molar-refractivity contribution in [1.82, 2.24) is 0 Å². The molecular formula is C38H68O2. The minimum atomic E-state index is -0.628. The second-order valence-corrected chi connectivity index (χ2v) is 13.0. The number of carbonyl (C=O) groups is 1. The molecule has 0 amide bonds. The molecule has 0 bridgehead atoms. The third-order valence-electron chi connectivity index (χ3n) is 8.19. The molecule has 3 unspecified atom stereocenters. The lowest BCUT2D eigenvalue weighted by Gasteiger charge is -2.15. The Kier molecular flexibility index (Phi) is 26.5. The van der Waals surface area contributed by atoms with Crippen molar-refractivity contribution in [3.8, 4) is 0 Å². The third-order valence-corrected chi connectivity index (χ3v) is 8.19. The van der Waals surface area contributed by atoms with E-state index in [4.69, 9.17) is 0 Å². The zero-order chi connectivity index (χ0) is 29.8. The molecule has 0 rings (SSSR count). The largest absolute Gasteiger partial charge is 0.481 e. The molecule has 0 aliphatic heterocycles. The summed E-state index contributed by atoms with van der Waals surface area (Å²) in [5.74, 6) is 1.65. The Morgan fingerprint density at radius 3 is 1.80 bits per heavy atom. The lowest BCUT2D eigenvalue weighted by molar-refractivity contribution is -0.141. The summed E-state index contributed by atoms with van der Waals surface area (Å²) in [6, 6.07) is 0. The predicted molar refractivity (Wildman–Crippen MR) is 179 cm³/mol. The molecule has 0 spiro atoms. The van der Waals surface area contributed by atoms with Gasteiger partial charge in [0.1, 0.15) is 0 Å². The molecule has 2 heteroatoms. The van der Waals surface area contributed by atoms with Crippen LogP contribution in [0.1, 0.15) is 164 Å². The van der Waals surface area contributed by atoms with Crippen LogP contribution in [0.3, 0.4) is 0 Å². The van der Waals surface area contributed by atoms with Crippen LogP contribution >= 0.6 is 0 Å². The fourth-order valence-corrected chi connectivity index (χ4v) is 5.33. The van der Waals surface area contributed by atoms with Gasteiger partial charge in [-0.1, -0.05) is 147 Å². The lowest BCUT2D eigenvalue weighted by Crippen LogP contribution is -2.13. The molecule has 0 aliphatic carbocycles. The molecule has 232 valence electrons. The van der Waals surface area contributed by atoms with E-state index in [0.29, 0.717) is 6.42 Å². The number of unbranched alkanes of at least 4 members (excludes halogenated alkanes) is 4. The van der Waals surface area contributed by atoms with Gasteiger partial charge in [-0.15, -0.1) is 0 Å². The number of hydrogen-bond donors (Lipinski definition) is 1. The van der Waals surface area contributed by atoms with Gasteiger partial charge < -0.3 is 5.11 Å². The van der Waals surface area contributed by atoms with Crippen LogP contribution in [-0.2, 0) is 4.79 Å². The Morgan fingerprint density at radius 2 is 1.20 bits per heavy atom. The molecule has 0 aliphatic rings. The van der Waals surface area contributed by atoms with Gasteiger partial charge in [0.2, 0.25) is 0 Å². The summed E-state index contributed by atoms with van der Waals surface area (Å²) in [6.07, 6.45) is 37.9. The molecule has 0 fully saturated rings. The van der Waals surface area contributed by atoms with Crippen molar-refractivity contribution in [3.63, 3.8) is 0 Å². The van der Waals surface area contributed by atoms with Gasteiger partial charge >= 0.3 is 5.97 Å². The van der Waals surface area contributed by atoms with E-state index in [-0.39, 0.29) is 5.92 Å². The first-order valence-electron chi connectivity index (χ1n) is 17.1. The average molecular weight is 557 g/mol. The average Bonchev–Trinajstić information content (AvgIpc) is 2.90. The standard InChI is InChI=1S/C38H68O2/c1-7-8-9-10-11-12-13-14-15-16-17-18-19-20-30-37(38(39)40)32-31-36(6)29-23-28-35(5)27-22-26-34(4)25-21-24-33(2)3/h8-9,11-12,14-15,31,33-35,37H,7,10,13,16-30,32H2,1-6H3,(H,39,40). The summed E-state index contributed by atoms with van der Waals surface area (Å²) in [5, 5.41) is 9.68. The minimum Gasteiger partial charge on any atom is -0.481 e. The Labute approximate surface area is 250 Å². The minimum absolute atomic E-state index is 0.227. The number of carboxylic acid groups (broad SMARTS) is 1. The summed E-state index contributed by atoms with van der Waals surface area (Å²) in [5.41, 5.74) is 1.37. The van der Waals surface area contributed by atoms with E-state index >= 15 is 0 Å². The molecule has 40 heavy (non-hydrogen) atoms. The van der Waals surface area contributed by atoms with Gasteiger partial charge in [0.25, 0.3) is 0 Å². The van der Waals surface area contributed by atoms with Crippen molar-refractivity contribution in [2.75, 3.05) is 0 Å². The van der Waals surface area contributed by atoms with Crippen LogP contribution in [0.2, 0.25) is 0 Å². The Morgan fingerprint density at radius 1 is 0.650 bits per heavy atom. The SMILES string of the molecule is CCC=CCC=CCC=CCCCCCCC(CC=C(C)CCCC(C)CCCC(C)CCCC(C)C)C(=O)O. The molecule has 2 nitrogen and oxygen atoms in total. The quantitative estimate of drug-likeness (QED) is 0.0806. The number of hydrogen-bond acceptors (Lipinski definition) is 1. The number of carboxylic acids is 1. The maximum atomic E-state index is 11.8. The third kappa shape index (κ3) is 26.6. The van der Waals surface area contributed by atoms with Gasteiger partial charge in [-0.25, -0.2) is 0 Å². The van der Waals surface area contributed by atoms with Crippen molar-refractivity contribution in [2.24, 2.45) is 23.7 Å². The summed E-state index contributed by atoms with van der Waals surface area (Å²) in [4.78, 5) is 11.8. The second kappa shape index (κ2) is 27.6. The fraction of sp³-hybridized carbons (Fsp3) is 0.763. The maximum Gasteiger partial charge on any atom is 0.306 e. The summed E-state index contributed by atoms with van der Waals surface area (Å²) in [6.45, 7) is 13.8. The highest BCUT2D eigenvalue weighted by atomic mass is 16.4. The van der Waals surface area contributed by atoms with Gasteiger partial charge in [0, 0.05) is 0 Å². The number of rotatable bonds is 27. The lowest BCUT2D eigenvalue weighted by atomic mass is 9.91. The van der Waals surface area contributed by atoms with E-state index in [1.54, 1.807) is 0 Å². The van der Waals surface area contributed by atoms with Crippen molar-refractivity contribution in [3.05, 3.63) is 48.1 Å². The molecule has 0 saturated carbocycles. The van der Waals surface area contributed by atoms with Crippen molar-refractivity contribution < 1.29 is 9.90 Å². The number of allylic oxidation sites excluding steroid dienone is 8. The van der Waals surface area contributed by atoms with Crippen LogP contribution in [-0.4, -0.2) is 11.1 Å². The van der Waals surface area contributed by atoms with Crippen LogP contribution in [0.15, 0.2) is 48.1 Å². The highest BCUT2D eigenvalue weighted by Gasteiger charge is 2.15. The van der Waals surface area contributed by atoms with E-state index in [2.05, 4.69) is 84.1 Å². The highest BCUT2D eigenvalue weighted by Crippen LogP contribution is 2.23.